The highest BCUT2D eigenvalue weighted by Gasteiger charge is 2.36. The van der Waals surface area contributed by atoms with E-state index in [2.05, 4.69) is 36.1 Å². The molecule has 0 aliphatic heterocycles. The molecule has 0 spiro atoms. The van der Waals surface area contributed by atoms with E-state index in [9.17, 15) is 21.6 Å². The predicted molar refractivity (Wildman–Crippen MR) is 147 cm³/mol. The number of anilines is 2. The summed E-state index contributed by atoms with van der Waals surface area (Å²) in [6.45, 7) is 0.336. The fraction of sp³-hybridized carbons (Fsp3) is 0.0769. The van der Waals surface area contributed by atoms with Crippen LogP contribution in [0.3, 0.4) is 0 Å². The molecule has 0 aliphatic rings. The van der Waals surface area contributed by atoms with E-state index in [-0.39, 0.29) is 5.69 Å². The Bertz CT molecular complexity index is 1780. The van der Waals surface area contributed by atoms with Gasteiger partial charge in [-0.3, -0.25) is 4.72 Å². The monoisotopic (exact) mass is 635 g/mol. The van der Waals surface area contributed by atoms with Gasteiger partial charge < -0.3 is 5.32 Å². The van der Waals surface area contributed by atoms with Gasteiger partial charge in [-0.1, -0.05) is 54.1 Å². The zero-order valence-electron chi connectivity index (χ0n) is 19.7. The predicted octanol–water partition coefficient (Wildman–Crippen LogP) is 7.24. The van der Waals surface area contributed by atoms with E-state index in [4.69, 9.17) is 11.6 Å². The lowest BCUT2D eigenvalue weighted by Crippen LogP contribution is -2.18. The van der Waals surface area contributed by atoms with Crippen LogP contribution >= 0.6 is 27.5 Å². The Hall–Kier alpha value is -3.61. The Labute approximate surface area is 234 Å². The SMILES string of the molecule is O=S(=O)(Nc1ccc(CNc2cc(-c3ccccc3Cl)nc3c(Br)cnn23)cc1)c1ccccc1C(F)(F)F. The van der Waals surface area contributed by atoms with Crippen molar-refractivity contribution in [2.24, 2.45) is 0 Å². The number of aromatic nitrogens is 3. The Kier molecular flexibility index (Phi) is 7.27. The number of nitrogens with zero attached hydrogens (tertiary/aromatic N) is 3. The van der Waals surface area contributed by atoms with Gasteiger partial charge in [0.15, 0.2) is 5.65 Å². The quantitative estimate of drug-likeness (QED) is 0.197. The van der Waals surface area contributed by atoms with E-state index in [1.54, 1.807) is 28.9 Å². The van der Waals surface area contributed by atoms with Crippen LogP contribution in [0.25, 0.3) is 16.9 Å². The largest absolute Gasteiger partial charge is 0.417 e. The lowest BCUT2D eigenvalue weighted by atomic mass is 10.1. The Balaban J connectivity index is 1.36. The summed E-state index contributed by atoms with van der Waals surface area (Å²) in [4.78, 5) is 3.82. The molecule has 7 nitrogen and oxygen atoms in total. The van der Waals surface area contributed by atoms with Gasteiger partial charge >= 0.3 is 6.18 Å². The maximum atomic E-state index is 13.3. The van der Waals surface area contributed by atoms with Crippen molar-refractivity contribution >= 4 is 54.7 Å². The van der Waals surface area contributed by atoms with Crippen molar-refractivity contribution in [3.8, 4) is 11.3 Å². The van der Waals surface area contributed by atoms with Crippen LogP contribution in [0.15, 0.2) is 94.4 Å². The van der Waals surface area contributed by atoms with Crippen molar-refractivity contribution in [3.63, 3.8) is 0 Å². The van der Waals surface area contributed by atoms with Gasteiger partial charge in [-0.15, -0.1) is 0 Å². The minimum atomic E-state index is -4.81. The maximum Gasteiger partial charge on any atom is 0.417 e. The summed E-state index contributed by atoms with van der Waals surface area (Å²) in [5.41, 5.74) is 1.65. The van der Waals surface area contributed by atoms with Crippen molar-refractivity contribution < 1.29 is 21.6 Å². The first-order chi connectivity index (χ1) is 18.5. The van der Waals surface area contributed by atoms with Crippen LogP contribution in [-0.4, -0.2) is 23.0 Å². The molecule has 2 heterocycles. The van der Waals surface area contributed by atoms with Crippen molar-refractivity contribution in [2.45, 2.75) is 17.6 Å². The van der Waals surface area contributed by atoms with Gasteiger partial charge in [-0.25, -0.2) is 13.4 Å². The molecule has 3 aromatic carbocycles. The van der Waals surface area contributed by atoms with Crippen LogP contribution < -0.4 is 10.0 Å². The molecule has 0 radical (unpaired) electrons. The number of nitrogens with one attached hydrogen (secondary N) is 2. The fourth-order valence-electron chi connectivity index (χ4n) is 3.90. The van der Waals surface area contributed by atoms with Gasteiger partial charge in [0.1, 0.15) is 5.82 Å². The molecule has 2 aromatic heterocycles. The van der Waals surface area contributed by atoms with Crippen LogP contribution in [0.4, 0.5) is 24.7 Å². The van der Waals surface area contributed by atoms with E-state index in [1.807, 2.05) is 24.3 Å². The van der Waals surface area contributed by atoms with Gasteiger partial charge in [0.05, 0.1) is 26.8 Å². The molecular weight excluding hydrogens is 619 g/mol. The van der Waals surface area contributed by atoms with Gasteiger partial charge in [0.25, 0.3) is 10.0 Å². The molecule has 0 bridgehead atoms. The summed E-state index contributed by atoms with van der Waals surface area (Å²) >= 11 is 9.84. The molecular formula is C26H18BrClF3N5O2S. The number of benzene rings is 3. The number of rotatable bonds is 7. The molecule has 0 aliphatic carbocycles. The fourth-order valence-corrected chi connectivity index (χ4v) is 5.77. The summed E-state index contributed by atoms with van der Waals surface area (Å²) in [6, 6.07) is 19.5. The smallest absolute Gasteiger partial charge is 0.366 e. The third-order valence-corrected chi connectivity index (χ3v) is 8.07. The average Bonchev–Trinajstić information content (AvgIpc) is 3.28. The normalized spacial score (nSPS) is 12.0. The average molecular weight is 637 g/mol. The van der Waals surface area contributed by atoms with Crippen LogP contribution in [0, 0.1) is 0 Å². The molecule has 13 heteroatoms. The number of sulfonamides is 1. The Morgan fingerprint density at radius 2 is 1.67 bits per heavy atom. The second-order valence-electron chi connectivity index (χ2n) is 8.38. The van der Waals surface area contributed by atoms with Crippen molar-refractivity contribution in [1.82, 2.24) is 14.6 Å². The maximum absolute atomic E-state index is 13.3. The lowest BCUT2D eigenvalue weighted by Gasteiger charge is -2.15. The van der Waals surface area contributed by atoms with Crippen LogP contribution in [-0.2, 0) is 22.7 Å². The third kappa shape index (κ3) is 5.72. The van der Waals surface area contributed by atoms with Crippen LogP contribution in [0.1, 0.15) is 11.1 Å². The first-order valence-corrected chi connectivity index (χ1v) is 14.0. The summed E-state index contributed by atoms with van der Waals surface area (Å²) in [7, 11) is -4.47. The molecule has 0 atom stereocenters. The van der Waals surface area contributed by atoms with Crippen molar-refractivity contribution in [2.75, 3.05) is 10.0 Å². The van der Waals surface area contributed by atoms with E-state index in [0.29, 0.717) is 33.2 Å². The first kappa shape index (κ1) is 27.0. The first-order valence-electron chi connectivity index (χ1n) is 11.3. The number of hydrogen-bond donors (Lipinski definition) is 2. The van der Waals surface area contributed by atoms with Crippen molar-refractivity contribution in [3.05, 3.63) is 106 Å². The molecule has 39 heavy (non-hydrogen) atoms. The standard InChI is InChI=1S/C26H18BrClF3N5O2S/c27-20-15-33-36-24(13-22(34-25(20)36)18-5-1-3-7-21(18)28)32-14-16-9-11-17(12-10-16)35-39(37,38)23-8-4-2-6-19(23)26(29,30)31/h1-13,15,32,35H,14H2. The van der Waals surface area contributed by atoms with Gasteiger partial charge in [-0.05, 0) is 51.8 Å². The molecule has 2 N–H and O–H groups in total. The zero-order chi connectivity index (χ0) is 27.8. The minimum Gasteiger partial charge on any atom is -0.366 e. The summed E-state index contributed by atoms with van der Waals surface area (Å²) in [6.07, 6.45) is -3.18. The van der Waals surface area contributed by atoms with E-state index in [0.717, 1.165) is 29.3 Å². The van der Waals surface area contributed by atoms with Gasteiger partial charge in [0.2, 0.25) is 0 Å². The van der Waals surface area contributed by atoms with E-state index in [1.165, 1.54) is 18.2 Å². The second kappa shape index (κ2) is 10.5. The molecule has 0 amide bonds. The van der Waals surface area contributed by atoms with Crippen LogP contribution in [0.5, 0.6) is 0 Å². The molecule has 200 valence electrons. The molecule has 0 fully saturated rings. The van der Waals surface area contributed by atoms with Crippen molar-refractivity contribution in [1.29, 1.82) is 0 Å². The summed E-state index contributed by atoms with van der Waals surface area (Å²) in [5, 5.41) is 8.20. The molecule has 5 aromatic rings. The van der Waals surface area contributed by atoms with E-state index < -0.39 is 26.7 Å². The highest BCUT2D eigenvalue weighted by Crippen LogP contribution is 2.35. The number of fused-ring (bicyclic) bond motifs is 1. The topological polar surface area (TPSA) is 88.4 Å². The molecule has 0 unspecified atom stereocenters. The number of alkyl halides is 3. The summed E-state index contributed by atoms with van der Waals surface area (Å²) < 4.78 is 69.9. The van der Waals surface area contributed by atoms with Crippen LogP contribution in [0.2, 0.25) is 5.02 Å². The minimum absolute atomic E-state index is 0.124. The van der Waals surface area contributed by atoms with Gasteiger partial charge in [-0.2, -0.15) is 22.8 Å². The molecule has 5 rings (SSSR count). The Morgan fingerprint density at radius 1 is 0.974 bits per heavy atom. The second-order valence-corrected chi connectivity index (χ2v) is 11.3. The third-order valence-electron chi connectivity index (χ3n) is 5.74. The number of hydrogen-bond acceptors (Lipinski definition) is 5. The zero-order valence-corrected chi connectivity index (χ0v) is 22.9. The van der Waals surface area contributed by atoms with E-state index >= 15 is 0 Å². The highest BCUT2D eigenvalue weighted by molar-refractivity contribution is 9.10. The molecule has 0 saturated carbocycles. The lowest BCUT2D eigenvalue weighted by molar-refractivity contribution is -0.139. The summed E-state index contributed by atoms with van der Waals surface area (Å²) in [5.74, 6) is 0.633. The Morgan fingerprint density at radius 3 is 2.38 bits per heavy atom. The highest BCUT2D eigenvalue weighted by atomic mass is 79.9. The molecule has 0 saturated heterocycles. The number of halogens is 5. The van der Waals surface area contributed by atoms with Gasteiger partial charge in [0, 0.05) is 28.9 Å².